The molecule has 30 heavy (non-hydrogen) atoms. The Bertz CT molecular complexity index is 1080. The standard InChI is InChI=1S/C20H24FN5O4/c1-3-30-24-15-6-7-25(10-16(15)22-2)19-14(21)8-12-17(27)13(20(28)29)9-26(11-4-5-11)18(12)23-19/h8-9,11,16,22H,3-7,10H2,1-2H3,(H,28,29)/b24-15+. The average molecular weight is 417 g/mol. The Hall–Kier alpha value is -3.01. The summed E-state index contributed by atoms with van der Waals surface area (Å²) in [6, 6.07) is 1.07. The molecular weight excluding hydrogens is 393 g/mol. The SMILES string of the molecule is CCO/N=C1\CCN(c2nc3c(cc2F)c(=O)c(C(=O)O)cn3C2CC2)CC1NC. The number of piperidine rings is 1. The van der Waals surface area contributed by atoms with Gasteiger partial charge in [-0.05, 0) is 32.9 Å². The molecule has 0 amide bonds. The quantitative estimate of drug-likeness (QED) is 0.690. The lowest BCUT2D eigenvalue weighted by molar-refractivity contribution is 0.0695. The summed E-state index contributed by atoms with van der Waals surface area (Å²) < 4.78 is 16.7. The van der Waals surface area contributed by atoms with Crippen molar-refractivity contribution in [3.63, 3.8) is 0 Å². The number of carbonyl (C=O) groups is 1. The third kappa shape index (κ3) is 3.62. The van der Waals surface area contributed by atoms with Crippen LogP contribution in [0.5, 0.6) is 0 Å². The number of hydrogen-bond donors (Lipinski definition) is 2. The van der Waals surface area contributed by atoms with Gasteiger partial charge < -0.3 is 24.7 Å². The molecule has 0 bridgehead atoms. The molecule has 0 spiro atoms. The van der Waals surface area contributed by atoms with Crippen molar-refractivity contribution in [1.29, 1.82) is 0 Å². The Morgan fingerprint density at radius 1 is 1.47 bits per heavy atom. The van der Waals surface area contributed by atoms with Crippen LogP contribution in [0.15, 0.2) is 22.2 Å². The van der Waals surface area contributed by atoms with Crippen LogP contribution in [-0.2, 0) is 4.84 Å². The molecule has 1 saturated carbocycles. The molecule has 2 aromatic heterocycles. The maximum Gasteiger partial charge on any atom is 0.341 e. The molecule has 9 nitrogen and oxygen atoms in total. The normalized spacial score (nSPS) is 20.7. The molecule has 2 aliphatic rings. The predicted molar refractivity (Wildman–Crippen MR) is 110 cm³/mol. The number of carboxylic acids is 1. The number of anilines is 1. The van der Waals surface area contributed by atoms with E-state index in [2.05, 4.69) is 15.5 Å². The summed E-state index contributed by atoms with van der Waals surface area (Å²) in [5.74, 6) is -1.82. The first-order valence-corrected chi connectivity index (χ1v) is 10.0. The van der Waals surface area contributed by atoms with E-state index in [1.807, 2.05) is 11.8 Å². The highest BCUT2D eigenvalue weighted by molar-refractivity contribution is 5.93. The number of oxime groups is 1. The van der Waals surface area contributed by atoms with Gasteiger partial charge in [-0.2, -0.15) is 0 Å². The number of aromatic nitrogens is 2. The summed E-state index contributed by atoms with van der Waals surface area (Å²) in [5, 5.41) is 16.7. The molecule has 2 N–H and O–H groups in total. The highest BCUT2D eigenvalue weighted by Gasteiger charge is 2.31. The Morgan fingerprint density at radius 2 is 2.23 bits per heavy atom. The number of fused-ring (bicyclic) bond motifs is 1. The van der Waals surface area contributed by atoms with Gasteiger partial charge in [-0.25, -0.2) is 14.2 Å². The monoisotopic (exact) mass is 417 g/mol. The van der Waals surface area contributed by atoms with Gasteiger partial charge in [-0.15, -0.1) is 0 Å². The highest BCUT2D eigenvalue weighted by atomic mass is 19.1. The largest absolute Gasteiger partial charge is 0.477 e. The van der Waals surface area contributed by atoms with Gasteiger partial charge in [0.15, 0.2) is 11.6 Å². The molecule has 1 saturated heterocycles. The van der Waals surface area contributed by atoms with E-state index in [1.54, 1.807) is 11.6 Å². The van der Waals surface area contributed by atoms with E-state index in [4.69, 9.17) is 4.84 Å². The number of aromatic carboxylic acids is 1. The van der Waals surface area contributed by atoms with E-state index >= 15 is 4.39 Å². The second kappa shape index (κ2) is 8.02. The number of rotatable bonds is 6. The number of likely N-dealkylation sites (N-methyl/N-ethyl adjacent to an activating group) is 1. The molecule has 1 unspecified atom stereocenters. The molecule has 2 fully saturated rings. The van der Waals surface area contributed by atoms with Gasteiger partial charge in [-0.3, -0.25) is 4.79 Å². The number of pyridine rings is 2. The zero-order chi connectivity index (χ0) is 21.4. The third-order valence-electron chi connectivity index (χ3n) is 5.51. The van der Waals surface area contributed by atoms with Crippen LogP contribution in [0.3, 0.4) is 0 Å². The number of carboxylic acid groups (broad SMARTS) is 1. The first-order chi connectivity index (χ1) is 14.4. The maximum atomic E-state index is 15.0. The molecule has 0 aromatic carbocycles. The Morgan fingerprint density at radius 3 is 2.87 bits per heavy atom. The predicted octanol–water partition coefficient (Wildman–Crippen LogP) is 1.76. The molecule has 10 heteroatoms. The van der Waals surface area contributed by atoms with Crippen LogP contribution >= 0.6 is 0 Å². The van der Waals surface area contributed by atoms with Gasteiger partial charge in [-0.1, -0.05) is 5.16 Å². The lowest BCUT2D eigenvalue weighted by Gasteiger charge is -2.34. The topological polar surface area (TPSA) is 109 Å². The zero-order valence-electron chi connectivity index (χ0n) is 16.9. The fraction of sp³-hybridized carbons (Fsp3) is 0.500. The molecule has 2 aromatic rings. The van der Waals surface area contributed by atoms with Crippen LogP contribution in [-0.4, -0.2) is 59.1 Å². The number of nitrogens with one attached hydrogen (secondary N) is 1. The van der Waals surface area contributed by atoms with Gasteiger partial charge in [0.25, 0.3) is 0 Å². The molecule has 3 heterocycles. The summed E-state index contributed by atoms with van der Waals surface area (Å²) in [4.78, 5) is 35.5. The lowest BCUT2D eigenvalue weighted by Crippen LogP contribution is -2.51. The zero-order valence-corrected chi connectivity index (χ0v) is 16.9. The van der Waals surface area contributed by atoms with E-state index in [9.17, 15) is 14.7 Å². The van der Waals surface area contributed by atoms with Gasteiger partial charge in [0.1, 0.15) is 17.8 Å². The summed E-state index contributed by atoms with van der Waals surface area (Å²) >= 11 is 0. The van der Waals surface area contributed by atoms with Crippen LogP contribution < -0.4 is 15.6 Å². The van der Waals surface area contributed by atoms with Gasteiger partial charge in [0, 0.05) is 31.7 Å². The molecule has 0 radical (unpaired) electrons. The van der Waals surface area contributed by atoms with E-state index in [0.29, 0.717) is 31.8 Å². The van der Waals surface area contributed by atoms with E-state index in [-0.39, 0.29) is 28.9 Å². The maximum absolute atomic E-state index is 15.0. The van der Waals surface area contributed by atoms with Crippen molar-refractivity contribution in [2.24, 2.45) is 5.16 Å². The van der Waals surface area contributed by atoms with Gasteiger partial charge in [0.05, 0.1) is 17.1 Å². The van der Waals surface area contributed by atoms with Crippen molar-refractivity contribution in [2.45, 2.75) is 38.3 Å². The highest BCUT2D eigenvalue weighted by Crippen LogP contribution is 2.37. The Balaban J connectivity index is 1.77. The minimum atomic E-state index is -1.32. The molecule has 1 atom stereocenters. The van der Waals surface area contributed by atoms with Gasteiger partial charge in [0.2, 0.25) is 5.43 Å². The van der Waals surface area contributed by atoms with Crippen LogP contribution in [0, 0.1) is 5.82 Å². The Kier molecular flexibility index (Phi) is 5.42. The van der Waals surface area contributed by atoms with Crippen molar-refractivity contribution in [3.8, 4) is 0 Å². The van der Waals surface area contributed by atoms with Gasteiger partial charge >= 0.3 is 5.97 Å². The van der Waals surface area contributed by atoms with Crippen LogP contribution in [0.2, 0.25) is 0 Å². The molecule has 1 aliphatic carbocycles. The fourth-order valence-corrected chi connectivity index (χ4v) is 3.79. The minimum absolute atomic E-state index is 0.0103. The second-order valence-electron chi connectivity index (χ2n) is 7.52. The third-order valence-corrected chi connectivity index (χ3v) is 5.51. The Labute approximate surface area is 172 Å². The summed E-state index contributed by atoms with van der Waals surface area (Å²) in [6.07, 6.45) is 3.65. The first kappa shape index (κ1) is 20.3. The van der Waals surface area contributed by atoms with Crippen LogP contribution in [0.25, 0.3) is 11.0 Å². The molecule has 1 aliphatic heterocycles. The number of nitrogens with zero attached hydrogens (tertiary/aromatic N) is 4. The average Bonchev–Trinajstić information content (AvgIpc) is 3.57. The van der Waals surface area contributed by atoms with Crippen molar-refractivity contribution < 1.29 is 19.1 Å². The van der Waals surface area contributed by atoms with E-state index in [0.717, 1.165) is 24.6 Å². The molecule has 4 rings (SSSR count). The van der Waals surface area contributed by atoms with Crippen molar-refractivity contribution in [3.05, 3.63) is 33.9 Å². The second-order valence-corrected chi connectivity index (χ2v) is 7.52. The van der Waals surface area contributed by atoms with E-state index < -0.39 is 17.2 Å². The first-order valence-electron chi connectivity index (χ1n) is 10.0. The minimum Gasteiger partial charge on any atom is -0.477 e. The van der Waals surface area contributed by atoms with E-state index in [1.165, 1.54) is 6.20 Å². The lowest BCUT2D eigenvalue weighted by atomic mass is 10.0. The van der Waals surface area contributed by atoms with Crippen LogP contribution in [0.1, 0.15) is 42.6 Å². The van der Waals surface area contributed by atoms with Crippen LogP contribution in [0.4, 0.5) is 10.2 Å². The van der Waals surface area contributed by atoms with Crippen molar-refractivity contribution in [1.82, 2.24) is 14.9 Å². The number of halogens is 1. The molecular formula is C20H24FN5O4. The summed E-state index contributed by atoms with van der Waals surface area (Å²) in [7, 11) is 1.80. The van der Waals surface area contributed by atoms with Crippen molar-refractivity contribution >= 4 is 28.5 Å². The molecule has 160 valence electrons. The fourth-order valence-electron chi connectivity index (χ4n) is 3.79. The smallest absolute Gasteiger partial charge is 0.341 e. The number of hydrogen-bond acceptors (Lipinski definition) is 7. The van der Waals surface area contributed by atoms with Crippen molar-refractivity contribution in [2.75, 3.05) is 31.6 Å². The summed E-state index contributed by atoms with van der Waals surface area (Å²) in [6.45, 7) is 3.28. The summed E-state index contributed by atoms with van der Waals surface area (Å²) in [5.41, 5.74) is 0.0926.